The summed E-state index contributed by atoms with van der Waals surface area (Å²) < 4.78 is 28.9. The molecule has 1 aromatic heterocycles. The van der Waals surface area contributed by atoms with E-state index >= 15 is 0 Å². The first-order valence-electron chi connectivity index (χ1n) is 9.14. The third-order valence-corrected chi connectivity index (χ3v) is 5.61. The van der Waals surface area contributed by atoms with Crippen LogP contribution in [0.5, 0.6) is 0 Å². The molecule has 0 bridgehead atoms. The summed E-state index contributed by atoms with van der Waals surface area (Å²) >= 11 is 1.19. The molecule has 154 valence electrons. The number of hydrogen-bond acceptors (Lipinski definition) is 5. The lowest BCUT2D eigenvalue weighted by Gasteiger charge is -2.15. The summed E-state index contributed by atoms with van der Waals surface area (Å²) in [6.07, 6.45) is 0.457. The second-order valence-electron chi connectivity index (χ2n) is 6.55. The molecule has 0 atom stereocenters. The molecular formula is C20H16F2N4O3S. The van der Waals surface area contributed by atoms with Crippen molar-refractivity contribution in [3.05, 3.63) is 64.5 Å². The molecule has 0 radical (unpaired) electrons. The van der Waals surface area contributed by atoms with Gasteiger partial charge in [0.15, 0.2) is 5.16 Å². The van der Waals surface area contributed by atoms with Crippen molar-refractivity contribution in [2.45, 2.75) is 11.6 Å². The van der Waals surface area contributed by atoms with Gasteiger partial charge in [-0.3, -0.25) is 19.1 Å². The number of amides is 3. The Labute approximate surface area is 173 Å². The fourth-order valence-corrected chi connectivity index (χ4v) is 4.08. The van der Waals surface area contributed by atoms with Crippen molar-refractivity contribution in [2.24, 2.45) is 0 Å². The number of aromatic nitrogens is 2. The zero-order chi connectivity index (χ0) is 21.3. The van der Waals surface area contributed by atoms with Gasteiger partial charge in [0.25, 0.3) is 5.56 Å². The third kappa shape index (κ3) is 3.78. The van der Waals surface area contributed by atoms with Gasteiger partial charge >= 0.3 is 6.03 Å². The molecule has 10 heteroatoms. The smallest absolute Gasteiger partial charge is 0.324 e. The van der Waals surface area contributed by atoms with Crippen molar-refractivity contribution >= 4 is 34.6 Å². The van der Waals surface area contributed by atoms with Gasteiger partial charge in [0, 0.05) is 18.4 Å². The van der Waals surface area contributed by atoms with Gasteiger partial charge in [0.05, 0.1) is 23.1 Å². The monoisotopic (exact) mass is 430 g/mol. The number of para-hydroxylation sites is 1. The van der Waals surface area contributed by atoms with E-state index in [0.717, 1.165) is 15.5 Å². The number of hydrogen-bond donors (Lipinski definition) is 1. The first-order valence-corrected chi connectivity index (χ1v) is 10.1. The average molecular weight is 430 g/mol. The number of urea groups is 1. The summed E-state index contributed by atoms with van der Waals surface area (Å²) in [5.41, 5.74) is -0.114. The summed E-state index contributed by atoms with van der Waals surface area (Å²) in [5, 5.41) is 3.00. The molecule has 0 unspecified atom stereocenters. The van der Waals surface area contributed by atoms with Crippen LogP contribution < -0.4 is 10.9 Å². The van der Waals surface area contributed by atoms with Crippen molar-refractivity contribution in [1.29, 1.82) is 0 Å². The molecule has 1 N–H and O–H groups in total. The molecule has 4 rings (SSSR count). The van der Waals surface area contributed by atoms with E-state index in [-0.39, 0.29) is 29.8 Å². The minimum atomic E-state index is -0.879. The van der Waals surface area contributed by atoms with Crippen LogP contribution in [-0.4, -0.2) is 45.2 Å². The molecule has 1 saturated heterocycles. The minimum absolute atomic E-state index is 0.0123. The van der Waals surface area contributed by atoms with Gasteiger partial charge in [-0.15, -0.1) is 0 Å². The Morgan fingerprint density at radius 3 is 2.63 bits per heavy atom. The molecule has 1 aliphatic rings. The number of rotatable bonds is 6. The number of carbonyl (C=O) groups is 2. The van der Waals surface area contributed by atoms with Crippen LogP contribution in [-0.2, 0) is 4.79 Å². The Balaban J connectivity index is 1.65. The maximum absolute atomic E-state index is 14.4. The van der Waals surface area contributed by atoms with Crippen LogP contribution in [0.1, 0.15) is 6.42 Å². The normalized spacial score (nSPS) is 13.9. The van der Waals surface area contributed by atoms with Gasteiger partial charge in [-0.2, -0.15) is 0 Å². The highest BCUT2D eigenvalue weighted by Crippen LogP contribution is 2.24. The Hall–Kier alpha value is -3.27. The number of halogens is 2. The average Bonchev–Trinajstić information content (AvgIpc) is 3.04. The van der Waals surface area contributed by atoms with Crippen LogP contribution in [0.15, 0.2) is 52.4 Å². The number of fused-ring (bicyclic) bond motifs is 1. The molecule has 0 saturated carbocycles. The molecule has 2 heterocycles. The van der Waals surface area contributed by atoms with E-state index < -0.39 is 23.2 Å². The zero-order valence-corrected chi connectivity index (χ0v) is 16.4. The Bertz CT molecular complexity index is 1200. The molecule has 0 aliphatic carbocycles. The predicted molar refractivity (Wildman–Crippen MR) is 108 cm³/mol. The van der Waals surface area contributed by atoms with E-state index in [1.807, 2.05) is 0 Å². The summed E-state index contributed by atoms with van der Waals surface area (Å²) in [7, 11) is 0. The SMILES string of the molecule is O=C1CNC(=O)N1CCCSc1nc2ccccc2c(=O)n1-c1ccc(F)cc1F. The second-order valence-corrected chi connectivity index (χ2v) is 7.62. The zero-order valence-electron chi connectivity index (χ0n) is 15.6. The predicted octanol–water partition coefficient (Wildman–Crippen LogP) is 2.70. The number of benzene rings is 2. The molecule has 3 aromatic rings. The van der Waals surface area contributed by atoms with Gasteiger partial charge in [-0.05, 0) is 30.7 Å². The summed E-state index contributed by atoms with van der Waals surface area (Å²) in [4.78, 5) is 41.9. The second kappa shape index (κ2) is 8.23. The number of nitrogens with zero attached hydrogens (tertiary/aromatic N) is 3. The van der Waals surface area contributed by atoms with E-state index in [1.54, 1.807) is 24.3 Å². The van der Waals surface area contributed by atoms with Gasteiger partial charge in [0.1, 0.15) is 11.6 Å². The van der Waals surface area contributed by atoms with Gasteiger partial charge < -0.3 is 5.32 Å². The quantitative estimate of drug-likeness (QED) is 0.281. The van der Waals surface area contributed by atoms with E-state index in [0.29, 0.717) is 29.1 Å². The van der Waals surface area contributed by atoms with Crippen LogP contribution in [0.25, 0.3) is 16.6 Å². The number of carbonyl (C=O) groups excluding carboxylic acids is 2. The number of thioether (sulfide) groups is 1. The van der Waals surface area contributed by atoms with Crippen LogP contribution in [0.4, 0.5) is 13.6 Å². The topological polar surface area (TPSA) is 84.3 Å². The molecule has 30 heavy (non-hydrogen) atoms. The first kappa shape index (κ1) is 20.0. The maximum atomic E-state index is 14.4. The highest BCUT2D eigenvalue weighted by molar-refractivity contribution is 7.99. The van der Waals surface area contributed by atoms with Crippen LogP contribution in [0, 0.1) is 11.6 Å². The van der Waals surface area contributed by atoms with Gasteiger partial charge in [0.2, 0.25) is 5.91 Å². The van der Waals surface area contributed by atoms with Crippen molar-refractivity contribution in [2.75, 3.05) is 18.8 Å². The summed E-state index contributed by atoms with van der Waals surface area (Å²) in [6.45, 7) is 0.210. The highest BCUT2D eigenvalue weighted by atomic mass is 32.2. The Morgan fingerprint density at radius 2 is 1.90 bits per heavy atom. The van der Waals surface area contributed by atoms with Crippen molar-refractivity contribution < 1.29 is 18.4 Å². The Morgan fingerprint density at radius 1 is 1.10 bits per heavy atom. The van der Waals surface area contributed by atoms with Crippen molar-refractivity contribution in [1.82, 2.24) is 19.8 Å². The largest absolute Gasteiger partial charge is 0.329 e. The van der Waals surface area contributed by atoms with Crippen molar-refractivity contribution in [3.63, 3.8) is 0 Å². The standard InChI is InChI=1S/C20H16F2N4O3S/c21-12-6-7-16(14(22)10-12)26-18(28)13-4-1-2-5-15(13)24-20(26)30-9-3-8-25-17(27)11-23-19(25)29/h1-2,4-7,10H,3,8-9,11H2,(H,23,29). The molecule has 3 amide bonds. The van der Waals surface area contributed by atoms with Crippen LogP contribution in [0.2, 0.25) is 0 Å². The van der Waals surface area contributed by atoms with E-state index in [1.165, 1.54) is 17.8 Å². The van der Waals surface area contributed by atoms with E-state index in [9.17, 15) is 23.2 Å². The van der Waals surface area contributed by atoms with Gasteiger partial charge in [-0.1, -0.05) is 23.9 Å². The number of imide groups is 1. The van der Waals surface area contributed by atoms with Gasteiger partial charge in [-0.25, -0.2) is 18.6 Å². The molecular weight excluding hydrogens is 414 g/mol. The van der Waals surface area contributed by atoms with Crippen LogP contribution in [0.3, 0.4) is 0 Å². The third-order valence-electron chi connectivity index (χ3n) is 4.59. The first-order chi connectivity index (χ1) is 14.5. The molecule has 1 fully saturated rings. The van der Waals surface area contributed by atoms with E-state index in [4.69, 9.17) is 0 Å². The highest BCUT2D eigenvalue weighted by Gasteiger charge is 2.27. The maximum Gasteiger partial charge on any atom is 0.324 e. The lowest BCUT2D eigenvalue weighted by Crippen LogP contribution is -2.32. The fraction of sp³-hybridized carbons (Fsp3) is 0.200. The Kier molecular flexibility index (Phi) is 5.49. The van der Waals surface area contributed by atoms with Crippen LogP contribution >= 0.6 is 11.8 Å². The molecule has 7 nitrogen and oxygen atoms in total. The minimum Gasteiger partial charge on any atom is -0.329 e. The number of nitrogens with one attached hydrogen (secondary N) is 1. The van der Waals surface area contributed by atoms with Crippen molar-refractivity contribution in [3.8, 4) is 5.69 Å². The fourth-order valence-electron chi connectivity index (χ4n) is 3.15. The lowest BCUT2D eigenvalue weighted by atomic mass is 10.2. The molecule has 0 spiro atoms. The molecule has 2 aromatic carbocycles. The lowest BCUT2D eigenvalue weighted by molar-refractivity contribution is -0.124. The van der Waals surface area contributed by atoms with E-state index in [2.05, 4.69) is 10.3 Å². The summed E-state index contributed by atoms with van der Waals surface area (Å²) in [5.74, 6) is -1.50. The summed E-state index contributed by atoms with van der Waals surface area (Å²) in [6, 6.07) is 9.24. The molecule has 1 aliphatic heterocycles.